The highest BCUT2D eigenvalue weighted by atomic mass is 32.1. The Bertz CT molecular complexity index is 475. The minimum atomic E-state index is 0.164. The number of hydrogen-bond acceptors (Lipinski definition) is 4. The molecule has 1 unspecified atom stereocenters. The van der Waals surface area contributed by atoms with Gasteiger partial charge in [-0.1, -0.05) is 13.0 Å². The largest absolute Gasteiger partial charge is 0.271 e. The van der Waals surface area contributed by atoms with Crippen molar-refractivity contribution >= 4 is 11.3 Å². The number of nitrogens with one attached hydrogen (secondary N) is 1. The fraction of sp³-hybridized carbons (Fsp3) is 0.462. The SMILES string of the molecule is CCc1cc(CC(NN)c2cccs2)n(CC)n1. The topological polar surface area (TPSA) is 55.9 Å². The maximum absolute atomic E-state index is 5.67. The van der Waals surface area contributed by atoms with E-state index in [0.29, 0.717) is 0 Å². The molecule has 0 aliphatic heterocycles. The lowest BCUT2D eigenvalue weighted by atomic mass is 10.1. The number of hydrazine groups is 1. The summed E-state index contributed by atoms with van der Waals surface area (Å²) in [5, 5.41) is 6.64. The van der Waals surface area contributed by atoms with Gasteiger partial charge in [0, 0.05) is 23.5 Å². The fourth-order valence-electron chi connectivity index (χ4n) is 2.07. The van der Waals surface area contributed by atoms with E-state index in [1.165, 1.54) is 10.6 Å². The number of aromatic nitrogens is 2. The van der Waals surface area contributed by atoms with Crippen molar-refractivity contribution in [3.63, 3.8) is 0 Å². The van der Waals surface area contributed by atoms with E-state index in [2.05, 4.69) is 52.6 Å². The third-order valence-corrected chi connectivity index (χ3v) is 4.06. The van der Waals surface area contributed by atoms with Crippen LogP contribution in [-0.2, 0) is 19.4 Å². The number of nitrogens with two attached hydrogens (primary N) is 1. The van der Waals surface area contributed by atoms with E-state index in [9.17, 15) is 0 Å². The molecule has 0 saturated heterocycles. The Morgan fingerprint density at radius 3 is 2.89 bits per heavy atom. The van der Waals surface area contributed by atoms with E-state index in [1.807, 2.05) is 0 Å². The van der Waals surface area contributed by atoms with E-state index in [-0.39, 0.29) is 6.04 Å². The molecule has 4 nitrogen and oxygen atoms in total. The third-order valence-electron chi connectivity index (χ3n) is 3.08. The highest BCUT2D eigenvalue weighted by Gasteiger charge is 2.15. The average Bonchev–Trinajstić information content (AvgIpc) is 3.04. The van der Waals surface area contributed by atoms with Gasteiger partial charge in [0.05, 0.1) is 11.7 Å². The van der Waals surface area contributed by atoms with Crippen molar-refractivity contribution in [3.05, 3.63) is 39.8 Å². The molecule has 2 aromatic rings. The van der Waals surface area contributed by atoms with Crippen molar-refractivity contribution in [1.29, 1.82) is 0 Å². The summed E-state index contributed by atoms with van der Waals surface area (Å²) in [4.78, 5) is 1.26. The highest BCUT2D eigenvalue weighted by Crippen LogP contribution is 2.22. The second-order valence-corrected chi connectivity index (χ2v) is 5.21. The minimum absolute atomic E-state index is 0.164. The molecule has 0 radical (unpaired) electrons. The molecule has 2 aromatic heterocycles. The zero-order valence-electron chi connectivity index (χ0n) is 10.9. The van der Waals surface area contributed by atoms with Crippen LogP contribution in [-0.4, -0.2) is 9.78 Å². The lowest BCUT2D eigenvalue weighted by molar-refractivity contribution is 0.522. The van der Waals surface area contributed by atoms with Gasteiger partial charge in [-0.2, -0.15) is 5.10 Å². The molecule has 18 heavy (non-hydrogen) atoms. The predicted molar refractivity (Wildman–Crippen MR) is 75.4 cm³/mol. The molecule has 1 atom stereocenters. The van der Waals surface area contributed by atoms with E-state index in [4.69, 9.17) is 5.84 Å². The second-order valence-electron chi connectivity index (χ2n) is 4.24. The Morgan fingerprint density at radius 2 is 2.33 bits per heavy atom. The minimum Gasteiger partial charge on any atom is -0.271 e. The summed E-state index contributed by atoms with van der Waals surface area (Å²) in [6.45, 7) is 5.15. The van der Waals surface area contributed by atoms with Gasteiger partial charge in [0.25, 0.3) is 0 Å². The Labute approximate surface area is 112 Å². The summed E-state index contributed by atoms with van der Waals surface area (Å²) in [5.74, 6) is 5.67. The molecular formula is C13H20N4S. The third kappa shape index (κ3) is 2.80. The molecule has 0 aliphatic rings. The summed E-state index contributed by atoms with van der Waals surface area (Å²) in [6.07, 6.45) is 1.84. The van der Waals surface area contributed by atoms with Gasteiger partial charge in [-0.25, -0.2) is 0 Å². The van der Waals surface area contributed by atoms with E-state index in [0.717, 1.165) is 25.1 Å². The van der Waals surface area contributed by atoms with Gasteiger partial charge in [0.2, 0.25) is 0 Å². The van der Waals surface area contributed by atoms with Crippen LogP contribution in [0.25, 0.3) is 0 Å². The molecular weight excluding hydrogens is 244 g/mol. The smallest absolute Gasteiger partial charge is 0.0624 e. The van der Waals surface area contributed by atoms with Crippen LogP contribution in [0.2, 0.25) is 0 Å². The average molecular weight is 264 g/mol. The maximum atomic E-state index is 5.67. The van der Waals surface area contributed by atoms with E-state index in [1.54, 1.807) is 11.3 Å². The monoisotopic (exact) mass is 264 g/mol. The summed E-state index contributed by atoms with van der Waals surface area (Å²) in [6, 6.07) is 6.51. The molecule has 0 spiro atoms. The zero-order chi connectivity index (χ0) is 13.0. The number of nitrogens with zero attached hydrogens (tertiary/aromatic N) is 2. The molecule has 2 rings (SSSR count). The predicted octanol–water partition coefficient (Wildman–Crippen LogP) is 2.27. The molecule has 0 aromatic carbocycles. The van der Waals surface area contributed by atoms with Crippen LogP contribution in [0.1, 0.15) is 36.2 Å². The Hall–Kier alpha value is -1.17. The Kier molecular flexibility index (Phi) is 4.52. The van der Waals surface area contributed by atoms with Crippen molar-refractivity contribution < 1.29 is 0 Å². The molecule has 0 saturated carbocycles. The first-order valence-corrected chi connectivity index (χ1v) is 7.21. The first-order valence-electron chi connectivity index (χ1n) is 6.33. The lowest BCUT2D eigenvalue weighted by Gasteiger charge is -2.14. The summed E-state index contributed by atoms with van der Waals surface area (Å²) < 4.78 is 2.07. The maximum Gasteiger partial charge on any atom is 0.0624 e. The van der Waals surface area contributed by atoms with Crippen LogP contribution in [0, 0.1) is 0 Å². The Balaban J connectivity index is 2.19. The second kappa shape index (κ2) is 6.13. The molecule has 5 heteroatoms. The Morgan fingerprint density at radius 1 is 1.50 bits per heavy atom. The normalized spacial score (nSPS) is 12.8. The van der Waals surface area contributed by atoms with Crippen molar-refractivity contribution in [1.82, 2.24) is 15.2 Å². The van der Waals surface area contributed by atoms with Gasteiger partial charge >= 0.3 is 0 Å². The van der Waals surface area contributed by atoms with Crippen LogP contribution in [0.4, 0.5) is 0 Å². The van der Waals surface area contributed by atoms with Crippen molar-refractivity contribution in [2.75, 3.05) is 0 Å². The van der Waals surface area contributed by atoms with Crippen molar-refractivity contribution in [2.24, 2.45) is 5.84 Å². The first-order chi connectivity index (χ1) is 8.78. The molecule has 2 heterocycles. The molecule has 0 aliphatic carbocycles. The summed E-state index contributed by atoms with van der Waals surface area (Å²) >= 11 is 1.73. The first kappa shape index (κ1) is 13.3. The summed E-state index contributed by atoms with van der Waals surface area (Å²) in [7, 11) is 0. The van der Waals surface area contributed by atoms with Gasteiger partial charge in [-0.15, -0.1) is 11.3 Å². The number of rotatable bonds is 6. The highest BCUT2D eigenvalue weighted by molar-refractivity contribution is 7.10. The number of aryl methyl sites for hydroxylation is 2. The van der Waals surface area contributed by atoms with Crippen LogP contribution in [0.15, 0.2) is 23.6 Å². The molecule has 0 bridgehead atoms. The van der Waals surface area contributed by atoms with E-state index < -0.39 is 0 Å². The van der Waals surface area contributed by atoms with Crippen LogP contribution in [0.3, 0.4) is 0 Å². The summed E-state index contributed by atoms with van der Waals surface area (Å²) in [5.41, 5.74) is 5.29. The van der Waals surface area contributed by atoms with Gasteiger partial charge in [-0.05, 0) is 30.9 Å². The lowest BCUT2D eigenvalue weighted by Crippen LogP contribution is -2.29. The molecule has 3 N–H and O–H groups in total. The fourth-order valence-corrected chi connectivity index (χ4v) is 2.85. The quantitative estimate of drug-likeness (QED) is 0.621. The zero-order valence-corrected chi connectivity index (χ0v) is 11.7. The molecule has 0 amide bonds. The van der Waals surface area contributed by atoms with Crippen LogP contribution >= 0.6 is 11.3 Å². The van der Waals surface area contributed by atoms with Gasteiger partial charge in [0.1, 0.15) is 0 Å². The molecule has 98 valence electrons. The van der Waals surface area contributed by atoms with Gasteiger partial charge < -0.3 is 0 Å². The van der Waals surface area contributed by atoms with Crippen molar-refractivity contribution in [3.8, 4) is 0 Å². The van der Waals surface area contributed by atoms with E-state index >= 15 is 0 Å². The van der Waals surface area contributed by atoms with Crippen LogP contribution < -0.4 is 11.3 Å². The standard InChI is InChI=1S/C13H20N4S/c1-3-10-8-11(17(4-2)16-10)9-12(15-14)13-6-5-7-18-13/h5-8,12,15H,3-4,9,14H2,1-2H3. The molecule has 0 fully saturated rings. The van der Waals surface area contributed by atoms with Gasteiger partial charge in [0.15, 0.2) is 0 Å². The van der Waals surface area contributed by atoms with Gasteiger partial charge in [-0.3, -0.25) is 16.0 Å². The number of hydrogen-bond donors (Lipinski definition) is 2. The van der Waals surface area contributed by atoms with Crippen molar-refractivity contribution in [2.45, 2.75) is 39.3 Å². The number of thiophene rings is 1. The van der Waals surface area contributed by atoms with Crippen LogP contribution in [0.5, 0.6) is 0 Å².